The second kappa shape index (κ2) is 8.65. The Kier molecular flexibility index (Phi) is 6.03. The van der Waals surface area contributed by atoms with Crippen LogP contribution in [0.1, 0.15) is 29.7 Å². The highest BCUT2D eigenvalue weighted by molar-refractivity contribution is 5.80. The molecule has 1 aromatic heterocycles. The maximum atomic E-state index is 14.4. The summed E-state index contributed by atoms with van der Waals surface area (Å²) in [5.74, 6) is -0.0149. The summed E-state index contributed by atoms with van der Waals surface area (Å²) in [6.07, 6.45) is 4.85. The van der Waals surface area contributed by atoms with Gasteiger partial charge in [-0.1, -0.05) is 18.2 Å². The molecule has 5 nitrogen and oxygen atoms in total. The molecule has 0 bridgehead atoms. The number of aryl methyl sites for hydroxylation is 1. The number of rotatable bonds is 5. The number of benzene rings is 2. The van der Waals surface area contributed by atoms with Crippen molar-refractivity contribution in [3.63, 3.8) is 0 Å². The molecule has 1 atom stereocenters. The van der Waals surface area contributed by atoms with Crippen LogP contribution >= 0.6 is 0 Å². The zero-order valence-corrected chi connectivity index (χ0v) is 16.1. The van der Waals surface area contributed by atoms with Gasteiger partial charge in [-0.15, -0.1) is 0 Å². The van der Waals surface area contributed by atoms with E-state index in [9.17, 15) is 8.78 Å². The Morgan fingerprint density at radius 1 is 1.18 bits per heavy atom. The van der Waals surface area contributed by atoms with Gasteiger partial charge in [-0.3, -0.25) is 4.99 Å². The SMILES string of the molecule is CN=C(NCc1ccc(-n2ccnc2)c(F)c1)NC(C)c1ccc(C)c(F)c1. The van der Waals surface area contributed by atoms with E-state index in [-0.39, 0.29) is 17.7 Å². The number of halogens is 2. The summed E-state index contributed by atoms with van der Waals surface area (Å²) in [6, 6.07) is 10.1. The normalized spacial score (nSPS) is 12.7. The van der Waals surface area contributed by atoms with E-state index in [0.717, 1.165) is 11.1 Å². The largest absolute Gasteiger partial charge is 0.352 e. The number of nitrogens with one attached hydrogen (secondary N) is 2. The fourth-order valence-corrected chi connectivity index (χ4v) is 2.82. The van der Waals surface area contributed by atoms with Gasteiger partial charge in [-0.05, 0) is 48.7 Å². The van der Waals surface area contributed by atoms with E-state index in [0.29, 0.717) is 23.8 Å². The maximum Gasteiger partial charge on any atom is 0.191 e. The Bertz CT molecular complexity index is 967. The predicted octanol–water partition coefficient (Wildman–Crippen LogP) is 3.89. The van der Waals surface area contributed by atoms with Crippen LogP contribution in [-0.2, 0) is 6.54 Å². The molecule has 0 aliphatic carbocycles. The third kappa shape index (κ3) is 4.54. The van der Waals surface area contributed by atoms with Crippen molar-refractivity contribution >= 4 is 5.96 Å². The first kappa shape index (κ1) is 19.5. The number of hydrogen-bond donors (Lipinski definition) is 2. The molecule has 1 heterocycles. The lowest BCUT2D eigenvalue weighted by molar-refractivity contribution is 0.607. The summed E-state index contributed by atoms with van der Waals surface area (Å²) >= 11 is 0. The fourth-order valence-electron chi connectivity index (χ4n) is 2.82. The molecule has 3 rings (SSSR count). The van der Waals surface area contributed by atoms with Crippen LogP contribution in [0.4, 0.5) is 8.78 Å². The van der Waals surface area contributed by atoms with Gasteiger partial charge in [0.2, 0.25) is 0 Å². The zero-order chi connectivity index (χ0) is 20.1. The number of imidazole rings is 1. The second-order valence-electron chi connectivity index (χ2n) is 6.56. The average molecular weight is 383 g/mol. The first-order valence-corrected chi connectivity index (χ1v) is 8.98. The first-order chi connectivity index (χ1) is 13.5. The predicted molar refractivity (Wildman–Crippen MR) is 106 cm³/mol. The lowest BCUT2D eigenvalue weighted by Crippen LogP contribution is -2.38. The van der Waals surface area contributed by atoms with Crippen LogP contribution in [0.3, 0.4) is 0 Å². The quantitative estimate of drug-likeness (QED) is 0.519. The minimum atomic E-state index is -0.330. The van der Waals surface area contributed by atoms with Crippen molar-refractivity contribution in [2.24, 2.45) is 4.99 Å². The molecule has 0 aliphatic heterocycles. The molecule has 2 N–H and O–H groups in total. The van der Waals surface area contributed by atoms with E-state index >= 15 is 0 Å². The van der Waals surface area contributed by atoms with Gasteiger partial charge in [0.1, 0.15) is 11.6 Å². The Morgan fingerprint density at radius 2 is 2.00 bits per heavy atom. The third-order valence-electron chi connectivity index (χ3n) is 4.53. The first-order valence-electron chi connectivity index (χ1n) is 8.98. The van der Waals surface area contributed by atoms with Gasteiger partial charge in [0.25, 0.3) is 0 Å². The van der Waals surface area contributed by atoms with Gasteiger partial charge in [-0.25, -0.2) is 13.8 Å². The van der Waals surface area contributed by atoms with Crippen molar-refractivity contribution in [3.05, 3.63) is 83.4 Å². The summed E-state index contributed by atoms with van der Waals surface area (Å²) in [6.45, 7) is 4.06. The van der Waals surface area contributed by atoms with Gasteiger partial charge >= 0.3 is 0 Å². The lowest BCUT2D eigenvalue weighted by Gasteiger charge is -2.19. The van der Waals surface area contributed by atoms with Gasteiger partial charge in [0.15, 0.2) is 5.96 Å². The summed E-state index contributed by atoms with van der Waals surface area (Å²) in [5, 5.41) is 6.37. The lowest BCUT2D eigenvalue weighted by atomic mass is 10.1. The molecular weight excluding hydrogens is 360 g/mol. The summed E-state index contributed by atoms with van der Waals surface area (Å²) in [4.78, 5) is 8.12. The van der Waals surface area contributed by atoms with Crippen molar-refractivity contribution in [3.8, 4) is 5.69 Å². The van der Waals surface area contributed by atoms with E-state index in [1.54, 1.807) is 49.4 Å². The molecule has 0 saturated heterocycles. The zero-order valence-electron chi connectivity index (χ0n) is 16.1. The summed E-state index contributed by atoms with van der Waals surface area (Å²) in [7, 11) is 1.65. The molecule has 0 saturated carbocycles. The number of aromatic nitrogens is 2. The van der Waals surface area contributed by atoms with E-state index in [4.69, 9.17) is 0 Å². The highest BCUT2D eigenvalue weighted by Gasteiger charge is 2.10. The van der Waals surface area contributed by atoms with Crippen LogP contribution in [0.25, 0.3) is 5.69 Å². The second-order valence-corrected chi connectivity index (χ2v) is 6.56. The minimum absolute atomic E-state index is 0.137. The monoisotopic (exact) mass is 383 g/mol. The highest BCUT2D eigenvalue weighted by Crippen LogP contribution is 2.17. The number of nitrogens with zero attached hydrogens (tertiary/aromatic N) is 3. The molecule has 28 heavy (non-hydrogen) atoms. The smallest absolute Gasteiger partial charge is 0.191 e. The molecule has 7 heteroatoms. The molecule has 0 amide bonds. The summed E-state index contributed by atoms with van der Waals surface area (Å²) < 4.78 is 29.8. The Morgan fingerprint density at radius 3 is 2.64 bits per heavy atom. The Hall–Kier alpha value is -3.22. The molecule has 0 spiro atoms. The van der Waals surface area contributed by atoms with Crippen molar-refractivity contribution < 1.29 is 8.78 Å². The van der Waals surface area contributed by atoms with Crippen LogP contribution < -0.4 is 10.6 Å². The molecular formula is C21H23F2N5. The maximum absolute atomic E-state index is 14.4. The Labute approximate surface area is 163 Å². The molecule has 3 aromatic rings. The molecule has 146 valence electrons. The number of guanidine groups is 1. The van der Waals surface area contributed by atoms with Crippen LogP contribution in [0.5, 0.6) is 0 Å². The van der Waals surface area contributed by atoms with Gasteiger partial charge in [0, 0.05) is 26.0 Å². The van der Waals surface area contributed by atoms with Crippen molar-refractivity contribution in [2.45, 2.75) is 26.4 Å². The Balaban J connectivity index is 1.62. The molecule has 0 fully saturated rings. The van der Waals surface area contributed by atoms with Crippen molar-refractivity contribution in [1.82, 2.24) is 20.2 Å². The number of aliphatic imine (C=N–C) groups is 1. The van der Waals surface area contributed by atoms with Crippen molar-refractivity contribution in [1.29, 1.82) is 0 Å². The molecule has 1 unspecified atom stereocenters. The van der Waals surface area contributed by atoms with Gasteiger partial charge < -0.3 is 15.2 Å². The average Bonchev–Trinajstić information content (AvgIpc) is 3.21. The van der Waals surface area contributed by atoms with E-state index in [1.165, 1.54) is 12.1 Å². The van der Waals surface area contributed by atoms with Gasteiger partial charge in [-0.2, -0.15) is 0 Å². The minimum Gasteiger partial charge on any atom is -0.352 e. The van der Waals surface area contributed by atoms with E-state index < -0.39 is 0 Å². The van der Waals surface area contributed by atoms with E-state index in [2.05, 4.69) is 20.6 Å². The topological polar surface area (TPSA) is 54.2 Å². The standard InChI is InChI=1S/C21H23F2N5/c1-14-4-6-17(11-18(14)22)15(2)27-21(24-3)26-12-16-5-7-20(19(23)10-16)28-9-8-25-13-28/h4-11,13,15H,12H2,1-3H3,(H2,24,26,27). The fraction of sp³-hybridized carbons (Fsp3) is 0.238. The molecule has 0 radical (unpaired) electrons. The van der Waals surface area contributed by atoms with Crippen LogP contribution in [-0.4, -0.2) is 22.6 Å². The summed E-state index contributed by atoms with van der Waals surface area (Å²) in [5.41, 5.74) is 2.65. The third-order valence-corrected chi connectivity index (χ3v) is 4.53. The highest BCUT2D eigenvalue weighted by atomic mass is 19.1. The molecule has 2 aromatic carbocycles. The molecule has 0 aliphatic rings. The van der Waals surface area contributed by atoms with Crippen LogP contribution in [0.2, 0.25) is 0 Å². The number of hydrogen-bond acceptors (Lipinski definition) is 2. The van der Waals surface area contributed by atoms with Crippen LogP contribution in [0.15, 0.2) is 60.1 Å². The van der Waals surface area contributed by atoms with Crippen molar-refractivity contribution in [2.75, 3.05) is 7.05 Å². The van der Waals surface area contributed by atoms with E-state index in [1.807, 2.05) is 19.1 Å². The van der Waals surface area contributed by atoms with Gasteiger partial charge in [0.05, 0.1) is 18.1 Å². The van der Waals surface area contributed by atoms with Crippen LogP contribution in [0, 0.1) is 18.6 Å².